The van der Waals surface area contributed by atoms with Crippen molar-refractivity contribution in [1.29, 1.82) is 0 Å². The molecule has 1 fully saturated rings. The Labute approximate surface area is 146 Å². The van der Waals surface area contributed by atoms with Crippen LogP contribution in [0.15, 0.2) is 18.2 Å². The lowest BCUT2D eigenvalue weighted by Crippen LogP contribution is -2.39. The minimum Gasteiger partial charge on any atom is -0.478 e. The number of hydrogen-bond acceptors (Lipinski definition) is 4. The molecule has 1 aliphatic rings. The third-order valence-electron chi connectivity index (χ3n) is 4.17. The fraction of sp³-hybridized carbons (Fsp3) is 0.471. The van der Waals surface area contributed by atoms with Gasteiger partial charge in [0.1, 0.15) is 0 Å². The number of nitrogens with one attached hydrogen (secondary N) is 1. The second-order valence-electron chi connectivity index (χ2n) is 5.98. The fourth-order valence-electron chi connectivity index (χ4n) is 3.00. The molecule has 128 valence electrons. The topological polar surface area (TPSA) is 71.1 Å². The predicted molar refractivity (Wildman–Crippen MR) is 91.6 cm³/mol. The van der Waals surface area contributed by atoms with Crippen LogP contribution in [0.4, 0.5) is 0 Å². The van der Waals surface area contributed by atoms with Gasteiger partial charge in [0.15, 0.2) is 5.69 Å². The molecule has 0 radical (unpaired) electrons. The van der Waals surface area contributed by atoms with Crippen molar-refractivity contribution in [3.8, 4) is 5.88 Å². The van der Waals surface area contributed by atoms with Gasteiger partial charge < -0.3 is 9.64 Å². The summed E-state index contributed by atoms with van der Waals surface area (Å²) in [7, 11) is 0. The summed E-state index contributed by atoms with van der Waals surface area (Å²) in [5.41, 5.74) is 2.29. The van der Waals surface area contributed by atoms with Crippen LogP contribution in [-0.4, -0.2) is 45.7 Å². The lowest BCUT2D eigenvalue weighted by molar-refractivity contribution is 0.0699. The molecular formula is C17H21ClN4O2. The van der Waals surface area contributed by atoms with E-state index >= 15 is 0 Å². The Balaban J connectivity index is 1.78. The Hall–Kier alpha value is -2.08. The zero-order valence-electron chi connectivity index (χ0n) is 13.9. The number of amides is 1. The first-order chi connectivity index (χ1) is 11.6. The van der Waals surface area contributed by atoms with Crippen LogP contribution in [0.2, 0.25) is 5.02 Å². The van der Waals surface area contributed by atoms with Crippen molar-refractivity contribution in [1.82, 2.24) is 20.1 Å². The summed E-state index contributed by atoms with van der Waals surface area (Å²) in [6.45, 7) is 5.67. The van der Waals surface area contributed by atoms with Crippen LogP contribution in [0.25, 0.3) is 0 Å². The highest BCUT2D eigenvalue weighted by atomic mass is 35.5. The fourth-order valence-corrected chi connectivity index (χ4v) is 3.19. The number of H-pyrrole nitrogens is 1. The monoisotopic (exact) mass is 348 g/mol. The van der Waals surface area contributed by atoms with Gasteiger partial charge in [-0.15, -0.1) is 0 Å². The maximum atomic E-state index is 12.9. The Morgan fingerprint density at radius 2 is 2.33 bits per heavy atom. The maximum absolute atomic E-state index is 12.9. The molecule has 3 heterocycles. The first-order valence-electron chi connectivity index (χ1n) is 8.19. The van der Waals surface area contributed by atoms with Gasteiger partial charge in [-0.3, -0.25) is 9.89 Å². The summed E-state index contributed by atoms with van der Waals surface area (Å²) in [5.74, 6) is 0.502. The maximum Gasteiger partial charge on any atom is 0.274 e. The number of pyridine rings is 1. The highest BCUT2D eigenvalue weighted by Gasteiger charge is 2.28. The number of aryl methyl sites for hydroxylation is 1. The number of carbonyl (C=O) groups is 1. The van der Waals surface area contributed by atoms with E-state index in [1.807, 2.05) is 24.8 Å². The molecular weight excluding hydrogens is 328 g/mol. The molecule has 1 saturated heterocycles. The van der Waals surface area contributed by atoms with Crippen molar-refractivity contribution in [2.45, 2.75) is 32.6 Å². The normalized spacial score (nSPS) is 17.8. The van der Waals surface area contributed by atoms with Gasteiger partial charge in [-0.2, -0.15) is 5.10 Å². The Morgan fingerprint density at radius 1 is 1.50 bits per heavy atom. The number of ether oxygens (including phenoxy) is 1. The van der Waals surface area contributed by atoms with Gasteiger partial charge >= 0.3 is 0 Å². The number of aromatic amines is 1. The number of hydrogen-bond donors (Lipinski definition) is 1. The number of piperidine rings is 1. The number of nitrogens with zero attached hydrogens (tertiary/aromatic N) is 3. The molecule has 1 N–H and O–H groups in total. The van der Waals surface area contributed by atoms with Gasteiger partial charge in [-0.25, -0.2) is 4.98 Å². The van der Waals surface area contributed by atoms with E-state index in [-0.39, 0.29) is 17.5 Å². The third kappa shape index (κ3) is 3.53. The smallest absolute Gasteiger partial charge is 0.274 e. The van der Waals surface area contributed by atoms with Crippen LogP contribution in [0.5, 0.6) is 5.88 Å². The van der Waals surface area contributed by atoms with E-state index in [0.29, 0.717) is 30.6 Å². The molecule has 0 bridgehead atoms. The van der Waals surface area contributed by atoms with Gasteiger partial charge in [0.2, 0.25) is 5.88 Å². The molecule has 2 aromatic heterocycles. The van der Waals surface area contributed by atoms with E-state index in [1.165, 1.54) is 0 Å². The van der Waals surface area contributed by atoms with Gasteiger partial charge in [-0.05, 0) is 38.8 Å². The van der Waals surface area contributed by atoms with Gasteiger partial charge in [0.25, 0.3) is 5.91 Å². The Kier molecular flexibility index (Phi) is 5.04. The molecule has 1 atom stereocenters. The van der Waals surface area contributed by atoms with Crippen molar-refractivity contribution in [2.75, 3.05) is 19.7 Å². The lowest BCUT2D eigenvalue weighted by Gasteiger charge is -2.32. The Bertz CT molecular complexity index is 731. The predicted octanol–water partition coefficient (Wildman–Crippen LogP) is 3.19. The van der Waals surface area contributed by atoms with Crippen molar-refractivity contribution < 1.29 is 9.53 Å². The van der Waals surface area contributed by atoms with Crippen LogP contribution in [0, 0.1) is 6.92 Å². The molecule has 3 rings (SSSR count). The number of rotatable bonds is 4. The zero-order chi connectivity index (χ0) is 17.1. The average Bonchev–Trinajstić information content (AvgIpc) is 3.03. The molecule has 7 heteroatoms. The van der Waals surface area contributed by atoms with Gasteiger partial charge in [-0.1, -0.05) is 11.6 Å². The van der Waals surface area contributed by atoms with Crippen molar-refractivity contribution in [3.63, 3.8) is 0 Å². The van der Waals surface area contributed by atoms with E-state index in [0.717, 1.165) is 24.2 Å². The van der Waals surface area contributed by atoms with E-state index in [1.54, 1.807) is 12.1 Å². The SMILES string of the molecule is CCOc1ccc(Cl)c(C(=O)N2CCC[C@H](c3cc(C)[nH]n3)C2)n1. The van der Waals surface area contributed by atoms with E-state index in [9.17, 15) is 4.79 Å². The number of aromatic nitrogens is 3. The van der Waals surface area contributed by atoms with Crippen LogP contribution in [0.3, 0.4) is 0 Å². The molecule has 1 aliphatic heterocycles. The molecule has 2 aromatic rings. The summed E-state index contributed by atoms with van der Waals surface area (Å²) in [6, 6.07) is 5.37. The average molecular weight is 349 g/mol. The molecule has 0 unspecified atom stereocenters. The third-order valence-corrected chi connectivity index (χ3v) is 4.47. The largest absolute Gasteiger partial charge is 0.478 e. The second-order valence-corrected chi connectivity index (χ2v) is 6.39. The minimum atomic E-state index is -0.154. The quantitative estimate of drug-likeness (QED) is 0.921. The summed E-state index contributed by atoms with van der Waals surface area (Å²) in [4.78, 5) is 18.9. The van der Waals surface area contributed by atoms with E-state index < -0.39 is 0 Å². The van der Waals surface area contributed by atoms with Crippen molar-refractivity contribution in [2.24, 2.45) is 0 Å². The van der Waals surface area contributed by atoms with Crippen molar-refractivity contribution >= 4 is 17.5 Å². The van der Waals surface area contributed by atoms with Gasteiger partial charge in [0.05, 0.1) is 17.3 Å². The number of halogens is 1. The highest BCUT2D eigenvalue weighted by molar-refractivity contribution is 6.33. The first-order valence-corrected chi connectivity index (χ1v) is 8.56. The zero-order valence-corrected chi connectivity index (χ0v) is 14.6. The summed E-state index contributed by atoms with van der Waals surface area (Å²) < 4.78 is 5.38. The standard InChI is InChI=1S/C17H21ClN4O2/c1-3-24-15-7-6-13(18)16(19-15)17(23)22-8-4-5-12(10-22)14-9-11(2)20-21-14/h6-7,9,12H,3-5,8,10H2,1-2H3,(H,20,21)/t12-/m0/s1. The van der Waals surface area contributed by atoms with Crippen LogP contribution < -0.4 is 4.74 Å². The first kappa shape index (κ1) is 16.8. The highest BCUT2D eigenvalue weighted by Crippen LogP contribution is 2.28. The molecule has 0 spiro atoms. The van der Waals surface area contributed by atoms with Crippen LogP contribution in [0.1, 0.15) is 47.6 Å². The summed E-state index contributed by atoms with van der Waals surface area (Å²) >= 11 is 6.18. The molecule has 0 aliphatic carbocycles. The molecule has 1 amide bonds. The number of carbonyl (C=O) groups excluding carboxylic acids is 1. The molecule has 6 nitrogen and oxygen atoms in total. The van der Waals surface area contributed by atoms with Crippen LogP contribution >= 0.6 is 11.6 Å². The molecule has 24 heavy (non-hydrogen) atoms. The molecule has 0 saturated carbocycles. The molecule has 0 aromatic carbocycles. The summed E-state index contributed by atoms with van der Waals surface area (Å²) in [5, 5.41) is 7.65. The summed E-state index contributed by atoms with van der Waals surface area (Å²) in [6.07, 6.45) is 1.96. The van der Waals surface area contributed by atoms with Gasteiger partial charge in [0, 0.05) is 30.8 Å². The van der Waals surface area contributed by atoms with E-state index in [2.05, 4.69) is 15.2 Å². The van der Waals surface area contributed by atoms with E-state index in [4.69, 9.17) is 16.3 Å². The minimum absolute atomic E-state index is 0.154. The van der Waals surface area contributed by atoms with Crippen LogP contribution in [-0.2, 0) is 0 Å². The second kappa shape index (κ2) is 7.21. The lowest BCUT2D eigenvalue weighted by atomic mass is 9.94. The number of likely N-dealkylation sites (tertiary alicyclic amines) is 1. The Morgan fingerprint density at radius 3 is 3.04 bits per heavy atom. The van der Waals surface area contributed by atoms with Crippen molar-refractivity contribution in [3.05, 3.63) is 40.3 Å².